The summed E-state index contributed by atoms with van der Waals surface area (Å²) in [5, 5.41) is 10.0. The summed E-state index contributed by atoms with van der Waals surface area (Å²) in [6.45, 7) is 4.02. The van der Waals surface area contributed by atoms with Gasteiger partial charge >= 0.3 is 0 Å². The molecule has 0 spiro atoms. The zero-order valence-corrected chi connectivity index (χ0v) is 13.4. The van der Waals surface area contributed by atoms with Crippen LogP contribution < -0.4 is 4.74 Å². The second-order valence-corrected chi connectivity index (χ2v) is 5.26. The topological polar surface area (TPSA) is 51.2 Å². The van der Waals surface area contributed by atoms with E-state index in [2.05, 4.69) is 0 Å². The van der Waals surface area contributed by atoms with Crippen molar-refractivity contribution in [3.8, 4) is 5.75 Å². The third-order valence-corrected chi connectivity index (χ3v) is 3.13. The highest BCUT2D eigenvalue weighted by molar-refractivity contribution is 5.32. The summed E-state index contributed by atoms with van der Waals surface area (Å²) in [5.74, 6) is 0.865. The molecular weight excluding hydrogens is 270 g/mol. The van der Waals surface area contributed by atoms with Crippen molar-refractivity contribution in [2.75, 3.05) is 41.0 Å². The number of aliphatic hydroxyl groups excluding tert-OH is 1. The van der Waals surface area contributed by atoms with Crippen molar-refractivity contribution in [1.29, 1.82) is 0 Å². The molecule has 1 aromatic carbocycles. The van der Waals surface area contributed by atoms with Crippen LogP contribution in [0.1, 0.15) is 12.5 Å². The van der Waals surface area contributed by atoms with Crippen molar-refractivity contribution >= 4 is 0 Å². The molecule has 1 rings (SSSR count). The van der Waals surface area contributed by atoms with E-state index in [0.717, 1.165) is 11.3 Å². The highest BCUT2D eigenvalue weighted by Gasteiger charge is 2.12. The third-order valence-electron chi connectivity index (χ3n) is 3.13. The molecule has 0 saturated carbocycles. The number of ether oxygens (including phenoxy) is 3. The van der Waals surface area contributed by atoms with Crippen LogP contribution in [-0.2, 0) is 16.0 Å². The fraction of sp³-hybridized carbons (Fsp3) is 0.625. The maximum Gasteiger partial charge on any atom is 0.123 e. The SMILES string of the molecule is COCC(C)OCC(O)CN(C)Cc1ccccc1OC. The molecule has 5 nitrogen and oxygen atoms in total. The molecule has 0 aliphatic carbocycles. The third kappa shape index (κ3) is 6.91. The number of hydrogen-bond acceptors (Lipinski definition) is 5. The van der Waals surface area contributed by atoms with Crippen LogP contribution in [0.2, 0.25) is 0 Å². The van der Waals surface area contributed by atoms with Crippen molar-refractivity contribution in [1.82, 2.24) is 4.90 Å². The first kappa shape index (κ1) is 17.9. The lowest BCUT2D eigenvalue weighted by Gasteiger charge is -2.22. The fourth-order valence-electron chi connectivity index (χ4n) is 2.16. The number of para-hydroxylation sites is 1. The molecule has 0 aliphatic rings. The van der Waals surface area contributed by atoms with E-state index in [9.17, 15) is 5.11 Å². The van der Waals surface area contributed by atoms with E-state index in [1.54, 1.807) is 14.2 Å². The van der Waals surface area contributed by atoms with Gasteiger partial charge in [0.15, 0.2) is 0 Å². The molecule has 1 N–H and O–H groups in total. The van der Waals surface area contributed by atoms with Gasteiger partial charge in [-0.3, -0.25) is 4.90 Å². The van der Waals surface area contributed by atoms with Crippen molar-refractivity contribution < 1.29 is 19.3 Å². The number of hydrogen-bond donors (Lipinski definition) is 1. The Balaban J connectivity index is 2.37. The fourth-order valence-corrected chi connectivity index (χ4v) is 2.16. The van der Waals surface area contributed by atoms with Crippen LogP contribution in [0.25, 0.3) is 0 Å². The van der Waals surface area contributed by atoms with Gasteiger partial charge in [0.25, 0.3) is 0 Å². The van der Waals surface area contributed by atoms with Gasteiger partial charge < -0.3 is 19.3 Å². The summed E-state index contributed by atoms with van der Waals surface area (Å²) in [6.07, 6.45) is -0.534. The van der Waals surface area contributed by atoms with Crippen LogP contribution in [0.4, 0.5) is 0 Å². The van der Waals surface area contributed by atoms with E-state index in [1.165, 1.54) is 0 Å². The summed E-state index contributed by atoms with van der Waals surface area (Å²) in [6, 6.07) is 7.90. The van der Waals surface area contributed by atoms with E-state index in [4.69, 9.17) is 14.2 Å². The van der Waals surface area contributed by atoms with Crippen LogP contribution in [0, 0.1) is 0 Å². The lowest BCUT2D eigenvalue weighted by Crippen LogP contribution is -2.33. The van der Waals surface area contributed by atoms with Gasteiger partial charge in [-0.15, -0.1) is 0 Å². The Morgan fingerprint density at radius 3 is 2.57 bits per heavy atom. The van der Waals surface area contributed by atoms with Gasteiger partial charge in [0.1, 0.15) is 5.75 Å². The van der Waals surface area contributed by atoms with Gasteiger partial charge in [-0.2, -0.15) is 0 Å². The zero-order chi connectivity index (χ0) is 15.7. The van der Waals surface area contributed by atoms with Crippen LogP contribution in [-0.4, -0.2) is 63.2 Å². The Labute approximate surface area is 127 Å². The molecule has 5 heteroatoms. The number of likely N-dealkylation sites (N-methyl/N-ethyl adjacent to an activating group) is 1. The molecule has 0 amide bonds. The molecule has 0 fully saturated rings. The van der Waals surface area contributed by atoms with Crippen molar-refractivity contribution in [2.24, 2.45) is 0 Å². The van der Waals surface area contributed by atoms with Gasteiger partial charge in [0.05, 0.1) is 32.5 Å². The van der Waals surface area contributed by atoms with E-state index in [-0.39, 0.29) is 6.10 Å². The maximum absolute atomic E-state index is 10.0. The van der Waals surface area contributed by atoms with Crippen LogP contribution in [0.5, 0.6) is 5.75 Å². The van der Waals surface area contributed by atoms with Crippen LogP contribution in [0.3, 0.4) is 0 Å². The average molecular weight is 297 g/mol. The van der Waals surface area contributed by atoms with E-state index >= 15 is 0 Å². The van der Waals surface area contributed by atoms with Gasteiger partial charge in [-0.1, -0.05) is 18.2 Å². The predicted molar refractivity (Wildman–Crippen MR) is 82.6 cm³/mol. The predicted octanol–water partition coefficient (Wildman–Crippen LogP) is 1.54. The van der Waals surface area contributed by atoms with Gasteiger partial charge in [-0.25, -0.2) is 0 Å². The first-order chi connectivity index (χ1) is 10.1. The van der Waals surface area contributed by atoms with Crippen molar-refractivity contribution in [3.63, 3.8) is 0 Å². The normalized spacial score (nSPS) is 14.2. The molecule has 0 aliphatic heterocycles. The number of methoxy groups -OCH3 is 2. The molecule has 2 atom stereocenters. The van der Waals surface area contributed by atoms with E-state index < -0.39 is 6.10 Å². The standard InChI is InChI=1S/C16H27NO4/c1-13(11-19-3)21-12-15(18)10-17(2)9-14-7-5-6-8-16(14)20-4/h5-8,13,15,18H,9-12H2,1-4H3. The van der Waals surface area contributed by atoms with Crippen LogP contribution in [0.15, 0.2) is 24.3 Å². The van der Waals surface area contributed by atoms with Gasteiger partial charge in [-0.05, 0) is 20.0 Å². The van der Waals surface area contributed by atoms with Gasteiger partial charge in [0, 0.05) is 25.8 Å². The summed E-state index contributed by atoms with van der Waals surface area (Å²) in [5.41, 5.74) is 1.10. The molecule has 0 bridgehead atoms. The van der Waals surface area contributed by atoms with E-state index in [0.29, 0.717) is 26.3 Å². The van der Waals surface area contributed by atoms with Crippen molar-refractivity contribution in [3.05, 3.63) is 29.8 Å². The monoisotopic (exact) mass is 297 g/mol. The summed E-state index contributed by atoms with van der Waals surface area (Å²) < 4.78 is 15.8. The minimum atomic E-state index is -0.524. The van der Waals surface area contributed by atoms with Crippen molar-refractivity contribution in [2.45, 2.75) is 25.7 Å². The summed E-state index contributed by atoms with van der Waals surface area (Å²) in [4.78, 5) is 2.05. The maximum atomic E-state index is 10.0. The van der Waals surface area contributed by atoms with Gasteiger partial charge in [0.2, 0.25) is 0 Å². The lowest BCUT2D eigenvalue weighted by molar-refractivity contribution is -0.0385. The quantitative estimate of drug-likeness (QED) is 0.710. The summed E-state index contributed by atoms with van der Waals surface area (Å²) >= 11 is 0. The molecule has 2 unspecified atom stereocenters. The summed E-state index contributed by atoms with van der Waals surface area (Å²) in [7, 11) is 5.27. The number of aliphatic hydroxyl groups is 1. The molecule has 1 aromatic rings. The largest absolute Gasteiger partial charge is 0.496 e. The van der Waals surface area contributed by atoms with Crippen LogP contribution >= 0.6 is 0 Å². The number of benzene rings is 1. The second-order valence-electron chi connectivity index (χ2n) is 5.26. The molecule has 0 heterocycles. The molecule has 21 heavy (non-hydrogen) atoms. The minimum absolute atomic E-state index is 0.0100. The smallest absolute Gasteiger partial charge is 0.123 e. The Hall–Kier alpha value is -1.14. The first-order valence-electron chi connectivity index (χ1n) is 7.15. The Kier molecular flexibility index (Phi) is 8.30. The van der Waals surface area contributed by atoms with E-state index in [1.807, 2.05) is 43.1 Å². The molecule has 120 valence electrons. The lowest BCUT2D eigenvalue weighted by atomic mass is 10.2. The number of nitrogens with zero attached hydrogens (tertiary/aromatic N) is 1. The molecular formula is C16H27NO4. The second kappa shape index (κ2) is 9.73. The Morgan fingerprint density at radius 2 is 1.90 bits per heavy atom. The highest BCUT2D eigenvalue weighted by Crippen LogP contribution is 2.18. The highest BCUT2D eigenvalue weighted by atomic mass is 16.5. The zero-order valence-electron chi connectivity index (χ0n) is 13.4. The molecule has 0 saturated heterocycles. The minimum Gasteiger partial charge on any atom is -0.496 e. The molecule has 0 aromatic heterocycles. The average Bonchev–Trinajstić information content (AvgIpc) is 2.46. The molecule has 0 radical (unpaired) electrons. The first-order valence-corrected chi connectivity index (χ1v) is 7.15. The Bertz CT molecular complexity index is 400. The Morgan fingerprint density at radius 1 is 1.19 bits per heavy atom. The number of rotatable bonds is 10.